The van der Waals surface area contributed by atoms with E-state index < -0.39 is 0 Å². The number of hydrogen-bond acceptors (Lipinski definition) is 3. The predicted octanol–water partition coefficient (Wildman–Crippen LogP) is 4.89. The number of benzene rings is 2. The highest BCUT2D eigenvalue weighted by Gasteiger charge is 2.34. The van der Waals surface area contributed by atoms with Gasteiger partial charge in [0, 0.05) is 13.0 Å². The maximum absolute atomic E-state index is 12.6. The molecule has 2 aromatic rings. The highest BCUT2D eigenvalue weighted by atomic mass is 16.2. The van der Waals surface area contributed by atoms with E-state index in [2.05, 4.69) is 17.4 Å². The standard InChI is InChI=1S/C26H30N2O3/c29-23(27-24(20-13-6-7-14-20)19-11-3-1-4-12-19)17-5-2-10-18-28-25(30)21-15-8-9-16-22(21)26(28)31/h1,3-4,8-9,11-12,15-16,20,24H,2,5-7,10,13-14,17-18H2,(H,27,29)/t24-/m1/s1. The van der Waals surface area contributed by atoms with Crippen LogP contribution in [0.1, 0.15) is 83.7 Å². The van der Waals surface area contributed by atoms with E-state index in [0.29, 0.717) is 36.4 Å². The van der Waals surface area contributed by atoms with E-state index in [1.54, 1.807) is 24.3 Å². The molecule has 5 heteroatoms. The lowest BCUT2D eigenvalue weighted by Gasteiger charge is -2.25. The number of carbonyl (C=O) groups is 3. The summed E-state index contributed by atoms with van der Waals surface area (Å²) in [7, 11) is 0. The molecule has 0 bridgehead atoms. The van der Waals surface area contributed by atoms with Crippen molar-refractivity contribution in [1.82, 2.24) is 10.2 Å². The Morgan fingerprint density at radius 2 is 1.48 bits per heavy atom. The van der Waals surface area contributed by atoms with Gasteiger partial charge in [0.05, 0.1) is 17.2 Å². The number of nitrogens with zero attached hydrogens (tertiary/aromatic N) is 1. The number of carbonyl (C=O) groups excluding carboxylic acids is 3. The highest BCUT2D eigenvalue weighted by Crippen LogP contribution is 2.35. The SMILES string of the molecule is O=C(CCCCCN1C(=O)c2ccccc2C1=O)N[C@H](c1ccccc1)C1CCCC1. The number of hydrogen-bond donors (Lipinski definition) is 1. The van der Waals surface area contributed by atoms with E-state index in [4.69, 9.17) is 0 Å². The summed E-state index contributed by atoms with van der Waals surface area (Å²) >= 11 is 0. The summed E-state index contributed by atoms with van der Waals surface area (Å²) in [5.74, 6) is 0.183. The molecule has 2 aliphatic rings. The fraction of sp³-hybridized carbons (Fsp3) is 0.423. The van der Waals surface area contributed by atoms with E-state index in [1.807, 2.05) is 18.2 Å². The van der Waals surface area contributed by atoms with Crippen molar-refractivity contribution in [3.8, 4) is 0 Å². The first-order valence-corrected chi connectivity index (χ1v) is 11.4. The van der Waals surface area contributed by atoms with Gasteiger partial charge in [-0.05, 0) is 49.3 Å². The molecule has 4 rings (SSSR count). The van der Waals surface area contributed by atoms with Crippen LogP contribution >= 0.6 is 0 Å². The third kappa shape index (κ3) is 4.87. The third-order valence-corrected chi connectivity index (χ3v) is 6.51. The molecule has 0 aromatic heterocycles. The topological polar surface area (TPSA) is 66.5 Å². The zero-order valence-electron chi connectivity index (χ0n) is 17.9. The van der Waals surface area contributed by atoms with Crippen molar-refractivity contribution < 1.29 is 14.4 Å². The van der Waals surface area contributed by atoms with Gasteiger partial charge in [0.15, 0.2) is 0 Å². The Labute approximate surface area is 183 Å². The van der Waals surface area contributed by atoms with E-state index in [-0.39, 0.29) is 23.8 Å². The van der Waals surface area contributed by atoms with Gasteiger partial charge >= 0.3 is 0 Å². The van der Waals surface area contributed by atoms with Gasteiger partial charge in [-0.1, -0.05) is 61.7 Å². The number of amides is 3. The summed E-state index contributed by atoms with van der Waals surface area (Å²) in [4.78, 5) is 38.8. The summed E-state index contributed by atoms with van der Waals surface area (Å²) in [6, 6.07) is 17.3. The van der Waals surface area contributed by atoms with E-state index in [9.17, 15) is 14.4 Å². The quantitative estimate of drug-likeness (QED) is 0.466. The van der Waals surface area contributed by atoms with Crippen molar-refractivity contribution in [2.75, 3.05) is 6.54 Å². The maximum Gasteiger partial charge on any atom is 0.261 e. The van der Waals surface area contributed by atoms with Gasteiger partial charge in [0.25, 0.3) is 11.8 Å². The largest absolute Gasteiger partial charge is 0.349 e. The monoisotopic (exact) mass is 418 g/mol. The zero-order valence-corrected chi connectivity index (χ0v) is 17.9. The lowest BCUT2D eigenvalue weighted by Crippen LogP contribution is -2.32. The fourth-order valence-corrected chi connectivity index (χ4v) is 4.84. The van der Waals surface area contributed by atoms with Crippen LogP contribution in [-0.4, -0.2) is 29.2 Å². The lowest BCUT2D eigenvalue weighted by atomic mass is 9.91. The minimum atomic E-state index is -0.208. The van der Waals surface area contributed by atoms with Gasteiger partial charge in [0.1, 0.15) is 0 Å². The molecular formula is C26H30N2O3. The van der Waals surface area contributed by atoms with Crippen LogP contribution in [0, 0.1) is 5.92 Å². The summed E-state index contributed by atoms with van der Waals surface area (Å²) in [6.45, 7) is 0.405. The first kappa shape index (κ1) is 21.3. The molecule has 31 heavy (non-hydrogen) atoms. The van der Waals surface area contributed by atoms with Gasteiger partial charge in [0.2, 0.25) is 5.91 Å². The van der Waals surface area contributed by atoms with Crippen LogP contribution < -0.4 is 5.32 Å². The highest BCUT2D eigenvalue weighted by molar-refractivity contribution is 6.21. The van der Waals surface area contributed by atoms with Crippen LogP contribution in [0.4, 0.5) is 0 Å². The molecule has 3 amide bonds. The van der Waals surface area contributed by atoms with E-state index >= 15 is 0 Å². The normalized spacial score (nSPS) is 17.1. The van der Waals surface area contributed by atoms with Crippen molar-refractivity contribution in [2.45, 2.75) is 57.4 Å². The Hall–Kier alpha value is -2.95. The van der Waals surface area contributed by atoms with Crippen LogP contribution in [0.2, 0.25) is 0 Å². The van der Waals surface area contributed by atoms with Gasteiger partial charge in [-0.15, -0.1) is 0 Å². The third-order valence-electron chi connectivity index (χ3n) is 6.51. The Morgan fingerprint density at radius 3 is 2.13 bits per heavy atom. The Kier molecular flexibility index (Phi) is 6.80. The zero-order chi connectivity index (χ0) is 21.6. The minimum absolute atomic E-state index is 0.0847. The summed E-state index contributed by atoms with van der Waals surface area (Å²) < 4.78 is 0. The van der Waals surface area contributed by atoms with E-state index in [0.717, 1.165) is 12.8 Å². The number of nitrogens with one attached hydrogen (secondary N) is 1. The molecule has 1 fully saturated rings. The molecule has 5 nitrogen and oxygen atoms in total. The lowest BCUT2D eigenvalue weighted by molar-refractivity contribution is -0.122. The molecule has 1 saturated carbocycles. The number of imide groups is 1. The van der Waals surface area contributed by atoms with Gasteiger partial charge in [-0.3, -0.25) is 19.3 Å². The second-order valence-electron chi connectivity index (χ2n) is 8.62. The number of unbranched alkanes of at least 4 members (excludes halogenated alkanes) is 2. The summed E-state index contributed by atoms with van der Waals surface area (Å²) in [5, 5.41) is 3.28. The predicted molar refractivity (Wildman–Crippen MR) is 120 cm³/mol. The summed E-state index contributed by atoms with van der Waals surface area (Å²) in [5.41, 5.74) is 2.17. The van der Waals surface area contributed by atoms with Crippen molar-refractivity contribution >= 4 is 17.7 Å². The van der Waals surface area contributed by atoms with Crippen LogP contribution in [0.25, 0.3) is 0 Å². The Balaban J connectivity index is 1.22. The molecular weight excluding hydrogens is 388 g/mol. The van der Waals surface area contributed by atoms with Crippen LogP contribution in [0.5, 0.6) is 0 Å². The van der Waals surface area contributed by atoms with Crippen molar-refractivity contribution in [1.29, 1.82) is 0 Å². The van der Waals surface area contributed by atoms with Crippen molar-refractivity contribution in [2.24, 2.45) is 5.92 Å². The smallest absolute Gasteiger partial charge is 0.261 e. The summed E-state index contributed by atoms with van der Waals surface area (Å²) in [6.07, 6.45) is 7.55. The second kappa shape index (κ2) is 9.90. The maximum atomic E-state index is 12.6. The molecule has 2 aromatic carbocycles. The molecule has 0 spiro atoms. The molecule has 0 radical (unpaired) electrons. The Morgan fingerprint density at radius 1 is 0.871 bits per heavy atom. The second-order valence-corrected chi connectivity index (χ2v) is 8.62. The Bertz CT molecular complexity index is 900. The van der Waals surface area contributed by atoms with Gasteiger partial charge in [-0.2, -0.15) is 0 Å². The van der Waals surface area contributed by atoms with Crippen molar-refractivity contribution in [3.63, 3.8) is 0 Å². The molecule has 1 aliphatic carbocycles. The average molecular weight is 419 g/mol. The number of rotatable bonds is 9. The van der Waals surface area contributed by atoms with Gasteiger partial charge in [-0.25, -0.2) is 0 Å². The number of fused-ring (bicyclic) bond motifs is 1. The van der Waals surface area contributed by atoms with Crippen LogP contribution in [-0.2, 0) is 4.79 Å². The van der Waals surface area contributed by atoms with Crippen LogP contribution in [0.15, 0.2) is 54.6 Å². The molecule has 1 N–H and O–H groups in total. The molecule has 0 saturated heterocycles. The molecule has 162 valence electrons. The molecule has 1 atom stereocenters. The van der Waals surface area contributed by atoms with Gasteiger partial charge < -0.3 is 5.32 Å². The molecule has 0 unspecified atom stereocenters. The van der Waals surface area contributed by atoms with E-state index in [1.165, 1.54) is 36.1 Å². The first-order chi connectivity index (χ1) is 15.1. The fourth-order valence-electron chi connectivity index (χ4n) is 4.84. The first-order valence-electron chi connectivity index (χ1n) is 11.4. The van der Waals surface area contributed by atoms with Crippen molar-refractivity contribution in [3.05, 3.63) is 71.3 Å². The minimum Gasteiger partial charge on any atom is -0.349 e. The molecule has 1 heterocycles. The molecule has 1 aliphatic heterocycles. The average Bonchev–Trinajstić information content (AvgIpc) is 3.41. The van der Waals surface area contributed by atoms with Crippen LogP contribution in [0.3, 0.4) is 0 Å².